The van der Waals surface area contributed by atoms with Crippen molar-refractivity contribution in [2.45, 2.75) is 70.8 Å². The smallest absolute Gasteiger partial charge is 0.0134 e. The third-order valence-corrected chi connectivity index (χ3v) is 4.96. The molecule has 0 saturated carbocycles. The zero-order chi connectivity index (χ0) is 10.7. The van der Waals surface area contributed by atoms with Crippen molar-refractivity contribution in [3.63, 3.8) is 0 Å². The lowest BCUT2D eigenvalue weighted by Crippen LogP contribution is -2.31. The molecule has 0 rings (SSSR count). The third-order valence-electron chi connectivity index (χ3n) is 3.19. The third kappa shape index (κ3) is 4.39. The van der Waals surface area contributed by atoms with Crippen molar-refractivity contribution in [3.05, 3.63) is 0 Å². The molecular formula is C12H26S. The molecule has 1 unspecified atom stereocenters. The van der Waals surface area contributed by atoms with Gasteiger partial charge in [-0.15, -0.1) is 11.8 Å². The molecule has 0 nitrogen and oxygen atoms in total. The quantitative estimate of drug-likeness (QED) is 0.621. The van der Waals surface area contributed by atoms with Crippen LogP contribution in [-0.2, 0) is 0 Å². The average molecular weight is 202 g/mol. The highest BCUT2D eigenvalue weighted by Crippen LogP contribution is 2.43. The summed E-state index contributed by atoms with van der Waals surface area (Å²) in [7, 11) is 0. The fraction of sp³-hybridized carbons (Fsp3) is 1.00. The van der Waals surface area contributed by atoms with Crippen LogP contribution in [0.1, 0.15) is 61.3 Å². The minimum absolute atomic E-state index is 0.411. The van der Waals surface area contributed by atoms with Crippen LogP contribution >= 0.6 is 11.8 Å². The van der Waals surface area contributed by atoms with Crippen molar-refractivity contribution in [2.75, 3.05) is 0 Å². The summed E-state index contributed by atoms with van der Waals surface area (Å²) >= 11 is 2.14. The second-order valence-electron chi connectivity index (χ2n) is 5.13. The van der Waals surface area contributed by atoms with E-state index in [2.05, 4.69) is 60.2 Å². The largest absolute Gasteiger partial charge is 0.149 e. The van der Waals surface area contributed by atoms with Crippen LogP contribution in [0.5, 0.6) is 0 Å². The first-order valence-electron chi connectivity index (χ1n) is 5.45. The molecule has 0 radical (unpaired) electrons. The highest BCUT2D eigenvalue weighted by Gasteiger charge is 2.31. The predicted molar refractivity (Wildman–Crippen MR) is 65.5 cm³/mol. The van der Waals surface area contributed by atoms with Gasteiger partial charge < -0.3 is 0 Å². The van der Waals surface area contributed by atoms with Crippen molar-refractivity contribution >= 4 is 11.8 Å². The zero-order valence-electron chi connectivity index (χ0n) is 10.4. The summed E-state index contributed by atoms with van der Waals surface area (Å²) in [4.78, 5) is 0. The Labute approximate surface area is 88.9 Å². The van der Waals surface area contributed by atoms with Crippen molar-refractivity contribution < 1.29 is 0 Å². The first kappa shape index (κ1) is 13.4. The molecule has 0 aliphatic carbocycles. The van der Waals surface area contributed by atoms with Gasteiger partial charge in [-0.1, -0.05) is 54.9 Å². The molecule has 0 aromatic carbocycles. The van der Waals surface area contributed by atoms with Gasteiger partial charge in [0.1, 0.15) is 0 Å². The van der Waals surface area contributed by atoms with E-state index in [9.17, 15) is 0 Å². The zero-order valence-corrected chi connectivity index (χ0v) is 11.2. The molecule has 1 atom stereocenters. The molecule has 1 heteroatoms. The first-order chi connectivity index (χ1) is 5.75. The van der Waals surface area contributed by atoms with Crippen LogP contribution in [0.25, 0.3) is 0 Å². The summed E-state index contributed by atoms with van der Waals surface area (Å²) < 4.78 is 0.835. The number of rotatable bonds is 5. The second-order valence-corrected chi connectivity index (χ2v) is 7.49. The molecule has 0 aliphatic rings. The Bertz CT molecular complexity index is 147. The molecule has 0 N–H and O–H groups in total. The van der Waals surface area contributed by atoms with Crippen LogP contribution in [0.15, 0.2) is 0 Å². The van der Waals surface area contributed by atoms with Crippen LogP contribution in [0.4, 0.5) is 0 Å². The van der Waals surface area contributed by atoms with Gasteiger partial charge in [-0.2, -0.15) is 0 Å². The molecule has 80 valence electrons. The van der Waals surface area contributed by atoms with E-state index in [1.54, 1.807) is 0 Å². The normalized spacial score (nSPS) is 15.9. The molecule has 0 heterocycles. The van der Waals surface area contributed by atoms with E-state index < -0.39 is 0 Å². The number of hydrogen-bond acceptors (Lipinski definition) is 1. The highest BCUT2D eigenvalue weighted by atomic mass is 32.2. The molecule has 0 fully saturated rings. The van der Waals surface area contributed by atoms with Crippen LogP contribution in [0.2, 0.25) is 0 Å². The molecule has 0 aliphatic heterocycles. The molecule has 0 saturated heterocycles. The van der Waals surface area contributed by atoms with Crippen molar-refractivity contribution in [2.24, 2.45) is 5.92 Å². The first-order valence-corrected chi connectivity index (χ1v) is 6.27. The second kappa shape index (κ2) is 4.72. The Kier molecular flexibility index (Phi) is 4.85. The van der Waals surface area contributed by atoms with E-state index in [0.717, 1.165) is 5.92 Å². The molecule has 0 aromatic heterocycles. The lowest BCUT2D eigenvalue weighted by molar-refractivity contribution is 0.442. The monoisotopic (exact) mass is 202 g/mol. The van der Waals surface area contributed by atoms with Gasteiger partial charge >= 0.3 is 0 Å². The van der Waals surface area contributed by atoms with Crippen LogP contribution in [0.3, 0.4) is 0 Å². The van der Waals surface area contributed by atoms with Gasteiger partial charge in [-0.25, -0.2) is 0 Å². The maximum atomic E-state index is 2.38. The van der Waals surface area contributed by atoms with Crippen LogP contribution in [0, 0.1) is 5.92 Å². The van der Waals surface area contributed by atoms with E-state index in [1.165, 1.54) is 12.8 Å². The molecule has 0 amide bonds. The van der Waals surface area contributed by atoms with Crippen molar-refractivity contribution in [1.82, 2.24) is 0 Å². The van der Waals surface area contributed by atoms with Crippen molar-refractivity contribution in [1.29, 1.82) is 0 Å². The average Bonchev–Trinajstić information content (AvgIpc) is 2.01. The lowest BCUT2D eigenvalue weighted by Gasteiger charge is -2.38. The molecule has 0 bridgehead atoms. The maximum Gasteiger partial charge on any atom is 0.0134 e. The van der Waals surface area contributed by atoms with Gasteiger partial charge in [0.25, 0.3) is 0 Å². The lowest BCUT2D eigenvalue weighted by atomic mass is 9.94. The molecule has 0 aromatic rings. The van der Waals surface area contributed by atoms with Crippen LogP contribution < -0.4 is 0 Å². The van der Waals surface area contributed by atoms with Crippen molar-refractivity contribution in [3.8, 4) is 0 Å². The topological polar surface area (TPSA) is 0 Å². The summed E-state index contributed by atoms with van der Waals surface area (Å²) in [6.45, 7) is 16.4. The molecular weight excluding hydrogens is 176 g/mol. The van der Waals surface area contributed by atoms with Gasteiger partial charge in [0.15, 0.2) is 0 Å². The summed E-state index contributed by atoms with van der Waals surface area (Å²) in [5.74, 6) is 0.795. The Hall–Kier alpha value is 0.350. The van der Waals surface area contributed by atoms with Gasteiger partial charge in [0.2, 0.25) is 0 Å². The number of hydrogen-bond donors (Lipinski definition) is 0. The number of thioether (sulfide) groups is 1. The Balaban J connectivity index is 4.32. The highest BCUT2D eigenvalue weighted by molar-refractivity contribution is 8.01. The Morgan fingerprint density at radius 1 is 1.08 bits per heavy atom. The molecule has 13 heavy (non-hydrogen) atoms. The van der Waals surface area contributed by atoms with Gasteiger partial charge in [-0.05, 0) is 12.3 Å². The predicted octanol–water partition coefficient (Wildman–Crippen LogP) is 4.73. The Morgan fingerprint density at radius 3 is 1.85 bits per heavy atom. The fourth-order valence-corrected chi connectivity index (χ4v) is 3.31. The minimum atomic E-state index is 0.411. The van der Waals surface area contributed by atoms with Gasteiger partial charge in [0, 0.05) is 9.49 Å². The van der Waals surface area contributed by atoms with E-state index in [0.29, 0.717) is 9.49 Å². The van der Waals surface area contributed by atoms with Crippen LogP contribution in [-0.4, -0.2) is 9.49 Å². The Morgan fingerprint density at radius 2 is 1.54 bits per heavy atom. The summed E-state index contributed by atoms with van der Waals surface area (Å²) in [5, 5.41) is 0. The van der Waals surface area contributed by atoms with E-state index >= 15 is 0 Å². The van der Waals surface area contributed by atoms with Gasteiger partial charge in [-0.3, -0.25) is 0 Å². The SMILES string of the molecule is CCC(C)C(C)(C)SC(C)(C)CC. The summed E-state index contributed by atoms with van der Waals surface area (Å²) in [6.07, 6.45) is 2.53. The maximum absolute atomic E-state index is 2.38. The summed E-state index contributed by atoms with van der Waals surface area (Å²) in [6, 6.07) is 0. The standard InChI is InChI=1S/C12H26S/c1-8-10(3)12(6,7)13-11(4,5)9-2/h10H,8-9H2,1-7H3. The van der Waals surface area contributed by atoms with Gasteiger partial charge in [0.05, 0.1) is 0 Å². The minimum Gasteiger partial charge on any atom is -0.149 e. The van der Waals surface area contributed by atoms with E-state index in [-0.39, 0.29) is 0 Å². The van der Waals surface area contributed by atoms with E-state index in [1.807, 2.05) is 0 Å². The van der Waals surface area contributed by atoms with E-state index in [4.69, 9.17) is 0 Å². The fourth-order valence-electron chi connectivity index (χ4n) is 1.38. The molecule has 0 spiro atoms. The summed E-state index contributed by atoms with van der Waals surface area (Å²) in [5.41, 5.74) is 0.